The highest BCUT2D eigenvalue weighted by Crippen LogP contribution is 2.44. The molecule has 0 aliphatic heterocycles. The van der Waals surface area contributed by atoms with Crippen LogP contribution in [0.3, 0.4) is 0 Å². The molecule has 1 aliphatic rings. The van der Waals surface area contributed by atoms with Crippen LogP contribution in [0.1, 0.15) is 42.7 Å². The number of fused-ring (bicyclic) bond motifs is 3. The summed E-state index contributed by atoms with van der Waals surface area (Å²) in [5.74, 6) is -4.35. The smallest absolute Gasteiger partial charge is 0.430 e. The minimum Gasteiger partial charge on any atom is -0.542 e. The zero-order chi connectivity index (χ0) is 35.7. The quantitative estimate of drug-likeness (QED) is 0.158. The van der Waals surface area contributed by atoms with Gasteiger partial charge in [-0.05, 0) is 41.5 Å². The van der Waals surface area contributed by atoms with Crippen LogP contribution in [-0.4, -0.2) is 113 Å². The van der Waals surface area contributed by atoms with Crippen molar-refractivity contribution in [1.82, 2.24) is 10.6 Å². The SMILES string of the molecule is C[N+](C)(C)CCOCCOCCC(=O)NCCCC[C@H](NC(=O)OCC1c2ccccc2-c2ccccc21)C(=O)O.O=C([O-])C(F)(F)F. The van der Waals surface area contributed by atoms with Crippen LogP contribution in [0.25, 0.3) is 11.1 Å². The number of rotatable bonds is 18. The molecule has 3 rings (SSSR count). The van der Waals surface area contributed by atoms with Gasteiger partial charge in [0.15, 0.2) is 0 Å². The molecule has 2 amide bonds. The largest absolute Gasteiger partial charge is 0.542 e. The predicted molar refractivity (Wildman–Crippen MR) is 167 cm³/mol. The van der Waals surface area contributed by atoms with Crippen molar-refractivity contribution in [3.63, 3.8) is 0 Å². The molecule has 12 nitrogen and oxygen atoms in total. The fourth-order valence-corrected chi connectivity index (χ4v) is 4.65. The zero-order valence-electron chi connectivity index (χ0n) is 27.3. The maximum absolute atomic E-state index is 12.5. The van der Waals surface area contributed by atoms with Crippen LogP contribution in [0.4, 0.5) is 18.0 Å². The number of carbonyl (C=O) groups excluding carboxylic acids is 3. The van der Waals surface area contributed by atoms with Gasteiger partial charge in [-0.1, -0.05) is 48.5 Å². The Labute approximate surface area is 277 Å². The number of carboxylic acids is 2. The average Bonchev–Trinajstić information content (AvgIpc) is 3.33. The van der Waals surface area contributed by atoms with Gasteiger partial charge in [0.1, 0.15) is 25.2 Å². The van der Waals surface area contributed by atoms with Crippen molar-refractivity contribution in [2.24, 2.45) is 0 Å². The number of alkyl halides is 3. The summed E-state index contributed by atoms with van der Waals surface area (Å²) >= 11 is 0. The average molecular weight is 684 g/mol. The number of aliphatic carboxylic acids is 2. The van der Waals surface area contributed by atoms with Crippen molar-refractivity contribution in [2.75, 3.05) is 67.3 Å². The number of hydrogen-bond donors (Lipinski definition) is 3. The Balaban J connectivity index is 0.00000103. The first kappa shape index (κ1) is 40.0. The van der Waals surface area contributed by atoms with Crippen molar-refractivity contribution < 1.29 is 61.3 Å². The van der Waals surface area contributed by atoms with E-state index in [2.05, 4.69) is 43.9 Å². The number of carbonyl (C=O) groups is 4. The predicted octanol–water partition coefficient (Wildman–Crippen LogP) is 2.69. The summed E-state index contributed by atoms with van der Waals surface area (Å²) < 4.78 is 48.8. The molecule has 0 fully saturated rings. The highest BCUT2D eigenvalue weighted by Gasteiger charge is 2.30. The van der Waals surface area contributed by atoms with E-state index in [0.29, 0.717) is 45.8 Å². The molecule has 266 valence electrons. The Bertz CT molecular complexity index is 1300. The molecular formula is C33H44F3N3O9. The third kappa shape index (κ3) is 14.7. The number of nitrogens with one attached hydrogen (secondary N) is 2. The molecule has 2 aromatic rings. The molecule has 0 saturated heterocycles. The Morgan fingerprint density at radius 3 is 1.96 bits per heavy atom. The van der Waals surface area contributed by atoms with Crippen LogP contribution < -0.4 is 15.7 Å². The molecule has 0 radical (unpaired) electrons. The monoisotopic (exact) mass is 683 g/mol. The Hall–Kier alpha value is -4.21. The number of halogens is 3. The summed E-state index contributed by atoms with van der Waals surface area (Å²) in [4.78, 5) is 45.0. The number of quaternary nitrogens is 1. The highest BCUT2D eigenvalue weighted by molar-refractivity contribution is 5.81. The van der Waals surface area contributed by atoms with E-state index in [-0.39, 0.29) is 31.3 Å². The lowest BCUT2D eigenvalue weighted by Crippen LogP contribution is -2.41. The van der Waals surface area contributed by atoms with Gasteiger partial charge in [0, 0.05) is 18.9 Å². The minimum atomic E-state index is -5.19. The van der Waals surface area contributed by atoms with E-state index in [9.17, 15) is 32.7 Å². The minimum absolute atomic E-state index is 0.100. The normalized spacial score (nSPS) is 13.0. The van der Waals surface area contributed by atoms with Gasteiger partial charge < -0.3 is 44.3 Å². The van der Waals surface area contributed by atoms with Gasteiger partial charge in [0.05, 0.1) is 47.6 Å². The van der Waals surface area contributed by atoms with Gasteiger partial charge in [-0.3, -0.25) is 4.79 Å². The maximum atomic E-state index is 12.5. The van der Waals surface area contributed by atoms with Gasteiger partial charge >= 0.3 is 18.2 Å². The van der Waals surface area contributed by atoms with Crippen molar-refractivity contribution in [3.8, 4) is 11.1 Å². The number of likely N-dealkylation sites (N-methyl/N-ethyl adjacent to an activating group) is 1. The van der Waals surface area contributed by atoms with E-state index < -0.39 is 30.2 Å². The second-order valence-electron chi connectivity index (χ2n) is 12.0. The molecular weight excluding hydrogens is 639 g/mol. The summed E-state index contributed by atoms with van der Waals surface area (Å²) in [6.45, 7) is 3.37. The summed E-state index contributed by atoms with van der Waals surface area (Å²) in [6, 6.07) is 15.0. The molecule has 0 spiro atoms. The molecule has 2 aromatic carbocycles. The van der Waals surface area contributed by atoms with E-state index in [1.54, 1.807) is 0 Å². The van der Waals surface area contributed by atoms with E-state index in [0.717, 1.165) is 33.3 Å². The first-order chi connectivity index (χ1) is 22.6. The zero-order valence-corrected chi connectivity index (χ0v) is 27.3. The highest BCUT2D eigenvalue weighted by atomic mass is 19.4. The number of hydrogen-bond acceptors (Lipinski definition) is 8. The van der Waals surface area contributed by atoms with Crippen molar-refractivity contribution in [2.45, 2.75) is 43.8 Å². The van der Waals surface area contributed by atoms with Gasteiger partial charge in [-0.15, -0.1) is 0 Å². The lowest BCUT2D eigenvalue weighted by atomic mass is 9.98. The Kier molecular flexibility index (Phi) is 16.3. The molecule has 0 saturated carbocycles. The second-order valence-corrected chi connectivity index (χ2v) is 12.0. The van der Waals surface area contributed by atoms with Crippen molar-refractivity contribution in [3.05, 3.63) is 59.7 Å². The first-order valence-corrected chi connectivity index (χ1v) is 15.4. The fraction of sp³-hybridized carbons (Fsp3) is 0.515. The Morgan fingerprint density at radius 1 is 0.896 bits per heavy atom. The lowest BCUT2D eigenvalue weighted by molar-refractivity contribution is -0.870. The standard InChI is InChI=1S/C31H43N3O7.C2HF3O2/c1-34(2,3)17-19-40-21-20-39-18-15-29(35)32-16-9-8-14-28(30(36)37)33-31(38)41-22-27-25-12-6-4-10-23(25)24-11-5-7-13-26(24)27;3-2(4,5)1(6)7/h4-7,10-13,27-28H,8-9,14-22H2,1-3H3,(H2-,32,33,35,36,37,38);(H,6,7)/t28-;/m0./s1. The van der Waals surface area contributed by atoms with Crippen LogP contribution in [0, 0.1) is 0 Å². The molecule has 0 aromatic heterocycles. The van der Waals surface area contributed by atoms with Gasteiger partial charge in [-0.25, -0.2) is 9.59 Å². The topological polar surface area (TPSA) is 163 Å². The van der Waals surface area contributed by atoms with Crippen molar-refractivity contribution in [1.29, 1.82) is 0 Å². The number of unbranched alkanes of at least 4 members (excludes halogenated alkanes) is 1. The Morgan fingerprint density at radius 2 is 1.44 bits per heavy atom. The lowest BCUT2D eigenvalue weighted by Gasteiger charge is -2.23. The third-order valence-electron chi connectivity index (χ3n) is 7.16. The van der Waals surface area contributed by atoms with E-state index >= 15 is 0 Å². The summed E-state index contributed by atoms with van der Waals surface area (Å²) in [7, 11) is 6.31. The maximum Gasteiger partial charge on any atom is 0.430 e. The fourth-order valence-electron chi connectivity index (χ4n) is 4.65. The van der Waals surface area contributed by atoms with Crippen LogP contribution in [0.15, 0.2) is 48.5 Å². The molecule has 0 heterocycles. The van der Waals surface area contributed by atoms with Gasteiger partial charge in [-0.2, -0.15) is 13.2 Å². The molecule has 0 bridgehead atoms. The summed E-state index contributed by atoms with van der Waals surface area (Å²) in [6.07, 6.45) is -4.37. The number of ether oxygens (including phenoxy) is 3. The van der Waals surface area contributed by atoms with E-state index in [1.165, 1.54) is 0 Å². The van der Waals surface area contributed by atoms with Crippen LogP contribution in [0.5, 0.6) is 0 Å². The number of nitrogens with zero attached hydrogens (tertiary/aromatic N) is 1. The molecule has 48 heavy (non-hydrogen) atoms. The summed E-state index contributed by atoms with van der Waals surface area (Å²) in [5.41, 5.74) is 4.42. The van der Waals surface area contributed by atoms with E-state index in [4.69, 9.17) is 24.1 Å². The molecule has 3 N–H and O–H groups in total. The number of benzene rings is 2. The van der Waals surface area contributed by atoms with Crippen LogP contribution in [0.2, 0.25) is 0 Å². The number of carboxylic acid groups (broad SMARTS) is 2. The molecule has 0 unspecified atom stereocenters. The van der Waals surface area contributed by atoms with Crippen molar-refractivity contribution >= 4 is 23.9 Å². The third-order valence-corrected chi connectivity index (χ3v) is 7.16. The molecule has 1 aliphatic carbocycles. The first-order valence-electron chi connectivity index (χ1n) is 15.4. The van der Waals surface area contributed by atoms with E-state index in [1.807, 2.05) is 36.4 Å². The number of alkyl carbamates (subject to hydrolysis) is 1. The van der Waals surface area contributed by atoms with Gasteiger partial charge in [0.2, 0.25) is 5.91 Å². The summed E-state index contributed by atoms with van der Waals surface area (Å²) in [5, 5.41) is 23.6. The van der Waals surface area contributed by atoms with Crippen LogP contribution in [-0.2, 0) is 28.6 Å². The molecule has 1 atom stereocenters. The number of amides is 2. The second kappa shape index (κ2) is 19.6. The van der Waals surface area contributed by atoms with Gasteiger partial charge in [0.25, 0.3) is 0 Å². The molecule has 15 heteroatoms. The van der Waals surface area contributed by atoms with Crippen LogP contribution >= 0.6 is 0 Å².